The summed E-state index contributed by atoms with van der Waals surface area (Å²) < 4.78 is 4.98. The molecule has 0 saturated heterocycles. The average Bonchev–Trinajstić information content (AvgIpc) is 2.43. The van der Waals surface area contributed by atoms with E-state index in [1.807, 2.05) is 0 Å². The molecule has 0 bridgehead atoms. The first kappa shape index (κ1) is 15.4. The van der Waals surface area contributed by atoms with Crippen molar-refractivity contribution in [3.63, 3.8) is 0 Å². The van der Waals surface area contributed by atoms with Crippen molar-refractivity contribution in [2.45, 2.75) is 32.6 Å². The Labute approximate surface area is 114 Å². The maximum Gasteiger partial charge on any atom is 0.341 e. The Morgan fingerprint density at radius 1 is 1.37 bits per heavy atom. The molecule has 1 rings (SSSR count). The minimum absolute atomic E-state index is 0.251. The van der Waals surface area contributed by atoms with Crippen molar-refractivity contribution >= 4 is 11.8 Å². The molecule has 5 heteroatoms. The number of aliphatic hydroxyl groups is 1. The number of unbranched alkanes of at least 4 members (excludes halogenated alkanes) is 3. The van der Waals surface area contributed by atoms with Crippen molar-refractivity contribution in [3.05, 3.63) is 23.9 Å². The molecule has 1 aromatic heterocycles. The summed E-state index contributed by atoms with van der Waals surface area (Å²) in [5.74, 6) is 0.224. The van der Waals surface area contributed by atoms with Crippen molar-refractivity contribution in [2.24, 2.45) is 0 Å². The number of hydrogen-bond donors (Lipinski definition) is 2. The van der Waals surface area contributed by atoms with Crippen LogP contribution in [0.15, 0.2) is 18.3 Å². The lowest BCUT2D eigenvalue weighted by Crippen LogP contribution is -2.12. The van der Waals surface area contributed by atoms with Gasteiger partial charge >= 0.3 is 5.97 Å². The highest BCUT2D eigenvalue weighted by atomic mass is 16.5. The summed E-state index contributed by atoms with van der Waals surface area (Å²) in [6.07, 6.45) is 5.55. The monoisotopic (exact) mass is 266 g/mol. The molecule has 0 atom stereocenters. The fourth-order valence-corrected chi connectivity index (χ4v) is 1.72. The first-order chi connectivity index (χ1) is 9.29. The lowest BCUT2D eigenvalue weighted by Gasteiger charge is -2.09. The molecule has 0 amide bonds. The molecule has 0 fully saturated rings. The van der Waals surface area contributed by atoms with Crippen LogP contribution in [0.3, 0.4) is 0 Å². The summed E-state index contributed by atoms with van der Waals surface area (Å²) in [6, 6.07) is 3.43. The summed E-state index contributed by atoms with van der Waals surface area (Å²) in [7, 11) is 0. The van der Waals surface area contributed by atoms with Gasteiger partial charge in [0.2, 0.25) is 0 Å². The lowest BCUT2D eigenvalue weighted by molar-refractivity contribution is 0.0527. The summed E-state index contributed by atoms with van der Waals surface area (Å²) in [6.45, 7) is 3.15. The molecule has 0 aliphatic carbocycles. The van der Waals surface area contributed by atoms with Gasteiger partial charge in [-0.1, -0.05) is 12.8 Å². The normalized spacial score (nSPS) is 10.2. The van der Waals surface area contributed by atoms with E-state index in [4.69, 9.17) is 9.84 Å². The van der Waals surface area contributed by atoms with Gasteiger partial charge in [0.1, 0.15) is 11.4 Å². The van der Waals surface area contributed by atoms with Gasteiger partial charge < -0.3 is 15.2 Å². The predicted octanol–water partition coefficient (Wildman–Crippen LogP) is 2.22. The third-order valence-electron chi connectivity index (χ3n) is 2.68. The second kappa shape index (κ2) is 9.33. The van der Waals surface area contributed by atoms with E-state index < -0.39 is 0 Å². The zero-order valence-electron chi connectivity index (χ0n) is 11.4. The SMILES string of the molecule is CCOC(=O)c1cccnc1NCCCCCCO. The molecule has 0 spiro atoms. The maximum atomic E-state index is 11.7. The van der Waals surface area contributed by atoms with E-state index in [1.54, 1.807) is 25.3 Å². The standard InChI is InChI=1S/C14H22N2O3/c1-2-19-14(18)12-8-7-10-16-13(12)15-9-5-3-4-6-11-17/h7-8,10,17H,2-6,9,11H2,1H3,(H,15,16). The number of nitrogens with zero attached hydrogens (tertiary/aromatic N) is 1. The minimum atomic E-state index is -0.349. The lowest BCUT2D eigenvalue weighted by atomic mass is 10.2. The number of pyridine rings is 1. The molecule has 2 N–H and O–H groups in total. The van der Waals surface area contributed by atoms with Gasteiger partial charge in [-0.15, -0.1) is 0 Å². The number of rotatable bonds is 9. The number of aliphatic hydroxyl groups excluding tert-OH is 1. The third kappa shape index (κ3) is 5.70. The van der Waals surface area contributed by atoms with E-state index >= 15 is 0 Å². The largest absolute Gasteiger partial charge is 0.462 e. The van der Waals surface area contributed by atoms with E-state index in [-0.39, 0.29) is 12.6 Å². The molecule has 0 saturated carbocycles. The molecule has 1 heterocycles. The predicted molar refractivity (Wildman–Crippen MR) is 74.2 cm³/mol. The highest BCUT2D eigenvalue weighted by Crippen LogP contribution is 2.13. The number of hydrogen-bond acceptors (Lipinski definition) is 5. The summed E-state index contributed by atoms with van der Waals surface area (Å²) in [5.41, 5.74) is 0.472. The van der Waals surface area contributed by atoms with Crippen molar-refractivity contribution in [1.82, 2.24) is 4.98 Å². The van der Waals surface area contributed by atoms with Crippen LogP contribution in [0.2, 0.25) is 0 Å². The van der Waals surface area contributed by atoms with E-state index in [0.29, 0.717) is 18.0 Å². The van der Waals surface area contributed by atoms with Gasteiger partial charge in [0.25, 0.3) is 0 Å². The van der Waals surface area contributed by atoms with E-state index in [0.717, 1.165) is 32.2 Å². The Morgan fingerprint density at radius 2 is 2.16 bits per heavy atom. The molecule has 0 radical (unpaired) electrons. The van der Waals surface area contributed by atoms with Crippen molar-refractivity contribution in [3.8, 4) is 0 Å². The number of anilines is 1. The van der Waals surface area contributed by atoms with Crippen LogP contribution < -0.4 is 5.32 Å². The highest BCUT2D eigenvalue weighted by Gasteiger charge is 2.12. The quantitative estimate of drug-likeness (QED) is 0.529. The first-order valence-corrected chi connectivity index (χ1v) is 6.76. The van der Waals surface area contributed by atoms with Crippen LogP contribution in [0, 0.1) is 0 Å². The molecular formula is C14H22N2O3. The number of nitrogens with one attached hydrogen (secondary N) is 1. The van der Waals surface area contributed by atoms with Crippen LogP contribution in [-0.2, 0) is 4.74 Å². The zero-order chi connectivity index (χ0) is 13.9. The fourth-order valence-electron chi connectivity index (χ4n) is 1.72. The third-order valence-corrected chi connectivity index (χ3v) is 2.68. The number of ether oxygens (including phenoxy) is 1. The van der Waals surface area contributed by atoms with Crippen molar-refractivity contribution < 1.29 is 14.6 Å². The Bertz CT molecular complexity index is 383. The summed E-state index contributed by atoms with van der Waals surface area (Å²) in [4.78, 5) is 15.9. The van der Waals surface area contributed by atoms with E-state index in [9.17, 15) is 4.79 Å². The molecule has 5 nitrogen and oxygen atoms in total. The molecule has 0 aliphatic rings. The average molecular weight is 266 g/mol. The molecule has 0 unspecified atom stereocenters. The Hall–Kier alpha value is -1.62. The van der Waals surface area contributed by atoms with E-state index in [2.05, 4.69) is 10.3 Å². The van der Waals surface area contributed by atoms with Gasteiger partial charge in [0, 0.05) is 19.3 Å². The van der Waals surface area contributed by atoms with Crippen LogP contribution in [0.5, 0.6) is 0 Å². The Kier molecular flexibility index (Phi) is 7.58. The highest BCUT2D eigenvalue weighted by molar-refractivity contribution is 5.94. The smallest absolute Gasteiger partial charge is 0.341 e. The molecule has 19 heavy (non-hydrogen) atoms. The van der Waals surface area contributed by atoms with Gasteiger partial charge in [-0.2, -0.15) is 0 Å². The molecular weight excluding hydrogens is 244 g/mol. The van der Waals surface area contributed by atoms with Gasteiger partial charge in [0.15, 0.2) is 0 Å². The summed E-state index contributed by atoms with van der Waals surface area (Å²) >= 11 is 0. The van der Waals surface area contributed by atoms with Crippen LogP contribution in [0.4, 0.5) is 5.82 Å². The topological polar surface area (TPSA) is 71.5 Å². The number of carbonyl (C=O) groups excluding carboxylic acids is 1. The Balaban J connectivity index is 2.42. The molecule has 0 aromatic carbocycles. The molecule has 106 valence electrons. The molecule has 1 aromatic rings. The van der Waals surface area contributed by atoms with Crippen molar-refractivity contribution in [2.75, 3.05) is 25.1 Å². The van der Waals surface area contributed by atoms with Crippen LogP contribution in [0.25, 0.3) is 0 Å². The van der Waals surface area contributed by atoms with Crippen molar-refractivity contribution in [1.29, 1.82) is 0 Å². The van der Waals surface area contributed by atoms with Gasteiger partial charge in [-0.25, -0.2) is 9.78 Å². The van der Waals surface area contributed by atoms with Gasteiger partial charge in [0.05, 0.1) is 6.61 Å². The number of aromatic nitrogens is 1. The summed E-state index contributed by atoms with van der Waals surface area (Å²) in [5, 5.41) is 11.8. The first-order valence-electron chi connectivity index (χ1n) is 6.76. The number of carbonyl (C=O) groups is 1. The second-order valence-corrected chi connectivity index (χ2v) is 4.18. The molecule has 0 aliphatic heterocycles. The van der Waals surface area contributed by atoms with Crippen LogP contribution >= 0.6 is 0 Å². The van der Waals surface area contributed by atoms with Gasteiger partial charge in [-0.3, -0.25) is 0 Å². The van der Waals surface area contributed by atoms with E-state index in [1.165, 1.54) is 0 Å². The fraction of sp³-hybridized carbons (Fsp3) is 0.571. The number of esters is 1. The maximum absolute atomic E-state index is 11.7. The van der Waals surface area contributed by atoms with Gasteiger partial charge in [-0.05, 0) is 31.9 Å². The van der Waals surface area contributed by atoms with Crippen LogP contribution in [-0.4, -0.2) is 35.8 Å². The Morgan fingerprint density at radius 3 is 2.89 bits per heavy atom. The second-order valence-electron chi connectivity index (χ2n) is 4.18. The van der Waals surface area contributed by atoms with Crippen LogP contribution in [0.1, 0.15) is 43.0 Å². The minimum Gasteiger partial charge on any atom is -0.462 e. The zero-order valence-corrected chi connectivity index (χ0v) is 11.4.